The van der Waals surface area contributed by atoms with Gasteiger partial charge in [0.15, 0.2) is 0 Å². The molecular formula is C29H36N2O9S. The Bertz CT molecular complexity index is 1350. The molecule has 2 aliphatic carbocycles. The largest absolute Gasteiger partial charge is 0.450 e. The van der Waals surface area contributed by atoms with Gasteiger partial charge < -0.3 is 19.3 Å². The van der Waals surface area contributed by atoms with Crippen molar-refractivity contribution < 1.29 is 41.5 Å². The third-order valence-electron chi connectivity index (χ3n) is 8.28. The van der Waals surface area contributed by atoms with Gasteiger partial charge in [-0.25, -0.2) is 9.59 Å². The van der Waals surface area contributed by atoms with Crippen molar-refractivity contribution in [3.63, 3.8) is 0 Å². The first-order chi connectivity index (χ1) is 19.6. The zero-order chi connectivity index (χ0) is 29.1. The van der Waals surface area contributed by atoms with E-state index in [4.69, 9.17) is 18.4 Å². The summed E-state index contributed by atoms with van der Waals surface area (Å²) in [6.07, 6.45) is 14.5. The Balaban J connectivity index is 0.000000143. The SMILES string of the molecule is C1CCOC1.CS(=O)(=O)OC1CCC2(CC1)OC(=O)c1ccncc12.O=C1OC2(CCC(O)CC2)c2cnccc21. The first kappa shape index (κ1) is 29.6. The lowest BCUT2D eigenvalue weighted by molar-refractivity contribution is -0.0495. The molecule has 2 spiro atoms. The predicted molar refractivity (Wildman–Crippen MR) is 145 cm³/mol. The van der Waals surface area contributed by atoms with Crippen LogP contribution < -0.4 is 0 Å². The van der Waals surface area contributed by atoms with Gasteiger partial charge in [-0.15, -0.1) is 0 Å². The van der Waals surface area contributed by atoms with Gasteiger partial charge in [-0.3, -0.25) is 14.2 Å². The van der Waals surface area contributed by atoms with Crippen molar-refractivity contribution in [1.82, 2.24) is 9.97 Å². The molecule has 2 aromatic rings. The van der Waals surface area contributed by atoms with E-state index >= 15 is 0 Å². The van der Waals surface area contributed by atoms with Crippen molar-refractivity contribution in [3.8, 4) is 0 Å². The smallest absolute Gasteiger partial charge is 0.339 e. The fraction of sp³-hybridized carbons (Fsp3) is 0.586. The number of esters is 2. The quantitative estimate of drug-likeness (QED) is 0.405. The summed E-state index contributed by atoms with van der Waals surface area (Å²) in [7, 11) is -3.45. The molecule has 0 aromatic carbocycles. The molecular weight excluding hydrogens is 552 g/mol. The van der Waals surface area contributed by atoms with E-state index in [1.54, 1.807) is 36.9 Å². The van der Waals surface area contributed by atoms with Gasteiger partial charge in [0, 0.05) is 49.1 Å². The summed E-state index contributed by atoms with van der Waals surface area (Å²) in [5, 5.41) is 9.51. The second kappa shape index (κ2) is 12.1. The highest BCUT2D eigenvalue weighted by Gasteiger charge is 2.49. The molecule has 41 heavy (non-hydrogen) atoms. The number of hydrogen-bond donors (Lipinski definition) is 1. The van der Waals surface area contributed by atoms with Gasteiger partial charge in [0.05, 0.1) is 29.6 Å². The summed E-state index contributed by atoms with van der Waals surface area (Å²) in [4.78, 5) is 31.7. The van der Waals surface area contributed by atoms with Gasteiger partial charge >= 0.3 is 11.9 Å². The molecule has 0 bridgehead atoms. The zero-order valence-electron chi connectivity index (χ0n) is 23.1. The van der Waals surface area contributed by atoms with Crippen molar-refractivity contribution in [2.24, 2.45) is 0 Å². The van der Waals surface area contributed by atoms with E-state index in [-0.39, 0.29) is 24.1 Å². The lowest BCUT2D eigenvalue weighted by Crippen LogP contribution is -2.35. The van der Waals surface area contributed by atoms with E-state index < -0.39 is 21.3 Å². The highest BCUT2D eigenvalue weighted by molar-refractivity contribution is 7.86. The summed E-state index contributed by atoms with van der Waals surface area (Å²) in [5.74, 6) is -0.585. The van der Waals surface area contributed by atoms with E-state index in [1.807, 2.05) is 0 Å². The maximum absolute atomic E-state index is 11.9. The van der Waals surface area contributed by atoms with E-state index in [2.05, 4.69) is 9.97 Å². The van der Waals surface area contributed by atoms with Crippen LogP contribution in [-0.4, -0.2) is 67.1 Å². The molecule has 1 N–H and O–H groups in total. The van der Waals surface area contributed by atoms with E-state index in [0.717, 1.165) is 30.6 Å². The topological polar surface area (TPSA) is 151 Å². The Kier molecular flexibility index (Phi) is 8.74. The van der Waals surface area contributed by atoms with Crippen LogP contribution in [0.5, 0.6) is 0 Å². The Morgan fingerprint density at radius 3 is 1.71 bits per heavy atom. The summed E-state index contributed by atoms with van der Waals surface area (Å²) < 4.78 is 43.3. The molecule has 1 saturated heterocycles. The van der Waals surface area contributed by atoms with Gasteiger partial charge in [-0.1, -0.05) is 0 Å². The minimum absolute atomic E-state index is 0.256. The molecule has 7 rings (SSSR count). The Hall–Kier alpha value is -2.93. The number of carbonyl (C=O) groups excluding carboxylic acids is 2. The Morgan fingerprint density at radius 2 is 1.29 bits per heavy atom. The number of aliphatic hydroxyl groups excluding tert-OH is 1. The number of aliphatic hydroxyl groups is 1. The molecule has 0 unspecified atom stereocenters. The van der Waals surface area contributed by atoms with Gasteiger partial charge in [0.25, 0.3) is 10.1 Å². The van der Waals surface area contributed by atoms with E-state index in [0.29, 0.717) is 62.5 Å². The number of nitrogens with zero attached hydrogens (tertiary/aromatic N) is 2. The highest BCUT2D eigenvalue weighted by Crippen LogP contribution is 2.47. The molecule has 0 amide bonds. The van der Waals surface area contributed by atoms with Crippen LogP contribution in [0.2, 0.25) is 0 Å². The molecule has 222 valence electrons. The van der Waals surface area contributed by atoms with Crippen LogP contribution in [0.25, 0.3) is 0 Å². The fourth-order valence-corrected chi connectivity index (χ4v) is 6.86. The molecule has 11 nitrogen and oxygen atoms in total. The Labute approximate surface area is 239 Å². The van der Waals surface area contributed by atoms with Gasteiger partial charge in [0.1, 0.15) is 11.2 Å². The second-order valence-electron chi connectivity index (χ2n) is 11.2. The normalized spacial score (nSPS) is 29.9. The van der Waals surface area contributed by atoms with Crippen LogP contribution in [0.15, 0.2) is 36.9 Å². The summed E-state index contributed by atoms with van der Waals surface area (Å²) in [5.41, 5.74) is 1.72. The van der Waals surface area contributed by atoms with Crippen molar-refractivity contribution in [2.75, 3.05) is 19.5 Å². The third kappa shape index (κ3) is 6.61. The maximum atomic E-state index is 11.9. The van der Waals surface area contributed by atoms with Crippen LogP contribution in [-0.2, 0) is 39.7 Å². The molecule has 3 aliphatic heterocycles. The van der Waals surface area contributed by atoms with Crippen molar-refractivity contribution in [3.05, 3.63) is 59.2 Å². The monoisotopic (exact) mass is 588 g/mol. The number of ether oxygens (including phenoxy) is 3. The lowest BCUT2D eigenvalue weighted by Gasteiger charge is -2.35. The number of aromatic nitrogens is 2. The average molecular weight is 589 g/mol. The number of pyridine rings is 2. The highest BCUT2D eigenvalue weighted by atomic mass is 32.2. The lowest BCUT2D eigenvalue weighted by atomic mass is 9.79. The molecule has 5 aliphatic rings. The summed E-state index contributed by atoms with van der Waals surface area (Å²) >= 11 is 0. The van der Waals surface area contributed by atoms with Crippen LogP contribution in [0.4, 0.5) is 0 Å². The van der Waals surface area contributed by atoms with E-state index in [9.17, 15) is 23.1 Å². The van der Waals surface area contributed by atoms with Crippen molar-refractivity contribution in [2.45, 2.75) is 87.6 Å². The van der Waals surface area contributed by atoms with Crippen LogP contribution in [0.1, 0.15) is 96.1 Å². The zero-order valence-corrected chi connectivity index (χ0v) is 23.9. The molecule has 3 fully saturated rings. The first-order valence-electron chi connectivity index (χ1n) is 14.1. The second-order valence-corrected chi connectivity index (χ2v) is 12.8. The van der Waals surface area contributed by atoms with Gasteiger partial charge in [-0.2, -0.15) is 8.42 Å². The van der Waals surface area contributed by atoms with E-state index in [1.165, 1.54) is 12.8 Å². The molecule has 5 heterocycles. The fourth-order valence-electron chi connectivity index (χ4n) is 6.17. The average Bonchev–Trinajstić information content (AvgIpc) is 3.69. The molecule has 0 radical (unpaired) electrons. The molecule has 2 aromatic heterocycles. The molecule has 12 heteroatoms. The maximum Gasteiger partial charge on any atom is 0.339 e. The molecule has 0 atom stereocenters. The van der Waals surface area contributed by atoms with Crippen LogP contribution in [0.3, 0.4) is 0 Å². The number of hydrogen-bond acceptors (Lipinski definition) is 11. The van der Waals surface area contributed by atoms with Crippen LogP contribution in [0, 0.1) is 0 Å². The minimum atomic E-state index is -3.45. The number of rotatable bonds is 2. The summed E-state index contributed by atoms with van der Waals surface area (Å²) in [6, 6.07) is 3.36. The summed E-state index contributed by atoms with van der Waals surface area (Å²) in [6.45, 7) is 2.00. The van der Waals surface area contributed by atoms with Crippen LogP contribution >= 0.6 is 0 Å². The number of fused-ring (bicyclic) bond motifs is 4. The third-order valence-corrected chi connectivity index (χ3v) is 8.90. The number of carbonyl (C=O) groups is 2. The predicted octanol–water partition coefficient (Wildman–Crippen LogP) is 3.55. The minimum Gasteiger partial charge on any atom is -0.450 e. The first-order valence-corrected chi connectivity index (χ1v) is 15.9. The van der Waals surface area contributed by atoms with Gasteiger partial charge in [0.2, 0.25) is 0 Å². The van der Waals surface area contributed by atoms with Gasteiger partial charge in [-0.05, 0) is 76.3 Å². The molecule has 2 saturated carbocycles. The van der Waals surface area contributed by atoms with Crippen molar-refractivity contribution in [1.29, 1.82) is 0 Å². The Morgan fingerprint density at radius 1 is 0.829 bits per heavy atom. The van der Waals surface area contributed by atoms with Crippen molar-refractivity contribution >= 4 is 22.1 Å². The standard InChI is InChI=1S/C13H15NO5S.C12H13NO3.C4H8O/c1-20(16,17)19-9-2-5-13(6-3-9)11-8-14-7-4-10(11)12(15)18-13;14-8-1-4-12(5-2-8)10-7-13-6-3-9(10)11(15)16-12;1-2-4-5-3-1/h4,7-9H,2-3,5-6H2,1H3;3,6-8,14H,1-2,4-5H2;1-4H2.